The van der Waals surface area contributed by atoms with Crippen molar-refractivity contribution in [2.45, 2.75) is 39.0 Å². The van der Waals surface area contributed by atoms with Crippen molar-refractivity contribution in [3.05, 3.63) is 33.8 Å². The summed E-state index contributed by atoms with van der Waals surface area (Å²) < 4.78 is 1.30. The number of halogens is 1. The third-order valence-corrected chi connectivity index (χ3v) is 5.10. The summed E-state index contributed by atoms with van der Waals surface area (Å²) in [6.45, 7) is 10.4. The van der Waals surface area contributed by atoms with E-state index in [1.807, 2.05) is 0 Å². The Kier molecular flexibility index (Phi) is 6.53. The van der Waals surface area contributed by atoms with E-state index in [0.717, 1.165) is 19.5 Å². The maximum absolute atomic E-state index is 3.77. The molecular weight excluding hydrogens is 312 g/mol. The lowest BCUT2D eigenvalue weighted by molar-refractivity contribution is 0.244. The van der Waals surface area contributed by atoms with E-state index < -0.39 is 0 Å². The van der Waals surface area contributed by atoms with Gasteiger partial charge in [0.15, 0.2) is 0 Å². The van der Waals surface area contributed by atoms with Crippen molar-refractivity contribution in [2.24, 2.45) is 0 Å². The summed E-state index contributed by atoms with van der Waals surface area (Å²) in [4.78, 5) is 2.55. The highest BCUT2D eigenvalue weighted by atomic mass is 79.9. The first-order chi connectivity index (χ1) is 9.74. The van der Waals surface area contributed by atoms with Gasteiger partial charge < -0.3 is 10.2 Å². The molecule has 0 atom stereocenters. The van der Waals surface area contributed by atoms with Crippen LogP contribution in [0.5, 0.6) is 0 Å². The van der Waals surface area contributed by atoms with Crippen LogP contribution in [0.1, 0.15) is 43.7 Å². The van der Waals surface area contributed by atoms with Gasteiger partial charge in [-0.05, 0) is 42.4 Å². The van der Waals surface area contributed by atoms with Crippen LogP contribution in [0, 0.1) is 0 Å². The summed E-state index contributed by atoms with van der Waals surface area (Å²) in [5.41, 5.74) is 2.92. The fraction of sp³-hybridized carbons (Fsp3) is 0.647. The Labute approximate surface area is 132 Å². The Bertz CT molecular complexity index is 409. The molecule has 1 heterocycles. The van der Waals surface area contributed by atoms with Gasteiger partial charge in [0.25, 0.3) is 0 Å². The minimum atomic E-state index is 0.687. The Morgan fingerprint density at radius 3 is 2.50 bits per heavy atom. The second-order valence-electron chi connectivity index (χ2n) is 5.71. The molecule has 20 heavy (non-hydrogen) atoms. The van der Waals surface area contributed by atoms with Crippen molar-refractivity contribution >= 4 is 15.9 Å². The van der Waals surface area contributed by atoms with Crippen LogP contribution in [0.4, 0.5) is 0 Å². The first-order valence-corrected chi connectivity index (χ1v) is 8.75. The predicted octanol–water partition coefficient (Wildman–Crippen LogP) is 3.80. The molecule has 0 saturated carbocycles. The molecule has 0 aromatic heterocycles. The average molecular weight is 339 g/mol. The molecule has 0 radical (unpaired) electrons. The predicted molar refractivity (Wildman–Crippen MR) is 90.5 cm³/mol. The molecule has 0 bridgehead atoms. The van der Waals surface area contributed by atoms with Gasteiger partial charge in [-0.3, -0.25) is 0 Å². The van der Waals surface area contributed by atoms with Gasteiger partial charge in [0, 0.05) is 37.2 Å². The maximum atomic E-state index is 3.77. The smallest absolute Gasteiger partial charge is 0.0212 e. The van der Waals surface area contributed by atoms with E-state index in [-0.39, 0.29) is 0 Å². The number of hydrogen-bond donors (Lipinski definition) is 1. The summed E-state index contributed by atoms with van der Waals surface area (Å²) in [6.07, 6.45) is 3.59. The number of hydrogen-bond acceptors (Lipinski definition) is 2. The summed E-state index contributed by atoms with van der Waals surface area (Å²) in [7, 11) is 0. The molecule has 1 aromatic carbocycles. The number of piperazine rings is 1. The largest absolute Gasteiger partial charge is 0.314 e. The molecule has 0 unspecified atom stereocenters. The van der Waals surface area contributed by atoms with Crippen molar-refractivity contribution < 1.29 is 0 Å². The van der Waals surface area contributed by atoms with Gasteiger partial charge in [0.2, 0.25) is 0 Å². The topological polar surface area (TPSA) is 15.3 Å². The summed E-state index contributed by atoms with van der Waals surface area (Å²) in [5, 5.41) is 3.41. The molecule has 1 saturated heterocycles. The molecule has 1 N–H and O–H groups in total. The van der Waals surface area contributed by atoms with Crippen molar-refractivity contribution in [1.29, 1.82) is 0 Å². The van der Waals surface area contributed by atoms with Crippen LogP contribution in [0.25, 0.3) is 0 Å². The van der Waals surface area contributed by atoms with Crippen molar-refractivity contribution in [3.63, 3.8) is 0 Å². The zero-order valence-corrected chi connectivity index (χ0v) is 14.4. The van der Waals surface area contributed by atoms with E-state index in [4.69, 9.17) is 0 Å². The highest BCUT2D eigenvalue weighted by Crippen LogP contribution is 2.30. The zero-order chi connectivity index (χ0) is 14.4. The molecule has 2 nitrogen and oxygen atoms in total. The Balaban J connectivity index is 1.94. The highest BCUT2D eigenvalue weighted by Gasteiger charge is 2.12. The standard InChI is InChI=1S/C17H27BrN2/c1-3-15(4-2)16-6-5-14(13-17(16)18)7-10-20-11-8-19-9-12-20/h5-6,13,15,19H,3-4,7-12H2,1-2H3. The molecule has 1 fully saturated rings. The molecule has 1 aliphatic rings. The van der Waals surface area contributed by atoms with Crippen molar-refractivity contribution in [3.8, 4) is 0 Å². The second kappa shape index (κ2) is 8.16. The third kappa shape index (κ3) is 4.31. The summed E-state index contributed by atoms with van der Waals surface area (Å²) >= 11 is 3.77. The lowest BCUT2D eigenvalue weighted by atomic mass is 9.93. The van der Waals surface area contributed by atoms with Crippen LogP contribution in [-0.4, -0.2) is 37.6 Å². The van der Waals surface area contributed by atoms with Crippen LogP contribution in [0.2, 0.25) is 0 Å². The van der Waals surface area contributed by atoms with Gasteiger partial charge >= 0.3 is 0 Å². The molecule has 1 aliphatic heterocycles. The van der Waals surface area contributed by atoms with E-state index in [0.29, 0.717) is 5.92 Å². The van der Waals surface area contributed by atoms with Gasteiger partial charge in [0.05, 0.1) is 0 Å². The van der Waals surface area contributed by atoms with Gasteiger partial charge in [-0.25, -0.2) is 0 Å². The molecule has 112 valence electrons. The number of rotatable bonds is 6. The van der Waals surface area contributed by atoms with Gasteiger partial charge in [-0.15, -0.1) is 0 Å². The van der Waals surface area contributed by atoms with Crippen molar-refractivity contribution in [2.75, 3.05) is 32.7 Å². The SMILES string of the molecule is CCC(CC)c1ccc(CCN2CCNCC2)cc1Br. The molecule has 2 rings (SSSR count). The number of nitrogens with zero attached hydrogens (tertiary/aromatic N) is 1. The van der Waals surface area contributed by atoms with E-state index in [2.05, 4.69) is 58.2 Å². The first-order valence-electron chi connectivity index (χ1n) is 7.96. The minimum absolute atomic E-state index is 0.687. The zero-order valence-electron chi connectivity index (χ0n) is 12.8. The van der Waals surface area contributed by atoms with Crippen LogP contribution in [-0.2, 0) is 6.42 Å². The molecule has 1 aromatic rings. The third-order valence-electron chi connectivity index (χ3n) is 4.42. The fourth-order valence-corrected chi connectivity index (χ4v) is 3.76. The van der Waals surface area contributed by atoms with E-state index in [1.54, 1.807) is 0 Å². The van der Waals surface area contributed by atoms with Gasteiger partial charge in [-0.1, -0.05) is 41.9 Å². The van der Waals surface area contributed by atoms with Crippen LogP contribution >= 0.6 is 15.9 Å². The van der Waals surface area contributed by atoms with Crippen LogP contribution in [0.3, 0.4) is 0 Å². The molecule has 0 spiro atoms. The van der Waals surface area contributed by atoms with E-state index >= 15 is 0 Å². The molecular formula is C17H27BrN2. The van der Waals surface area contributed by atoms with Crippen LogP contribution < -0.4 is 5.32 Å². The van der Waals surface area contributed by atoms with Crippen molar-refractivity contribution in [1.82, 2.24) is 10.2 Å². The number of nitrogens with one attached hydrogen (secondary N) is 1. The van der Waals surface area contributed by atoms with Gasteiger partial charge in [0.1, 0.15) is 0 Å². The number of benzene rings is 1. The summed E-state index contributed by atoms with van der Waals surface area (Å²) in [6, 6.07) is 6.98. The Hall–Kier alpha value is -0.380. The maximum Gasteiger partial charge on any atom is 0.0212 e. The van der Waals surface area contributed by atoms with Gasteiger partial charge in [-0.2, -0.15) is 0 Å². The Morgan fingerprint density at radius 1 is 1.20 bits per heavy atom. The van der Waals surface area contributed by atoms with Crippen LogP contribution in [0.15, 0.2) is 22.7 Å². The minimum Gasteiger partial charge on any atom is -0.314 e. The monoisotopic (exact) mass is 338 g/mol. The molecule has 0 aliphatic carbocycles. The van der Waals surface area contributed by atoms with E-state index in [1.165, 1.54) is 48.1 Å². The molecule has 3 heteroatoms. The highest BCUT2D eigenvalue weighted by molar-refractivity contribution is 9.10. The lowest BCUT2D eigenvalue weighted by Crippen LogP contribution is -2.44. The fourth-order valence-electron chi connectivity index (χ4n) is 3.01. The summed E-state index contributed by atoms with van der Waals surface area (Å²) in [5.74, 6) is 0.687. The quantitative estimate of drug-likeness (QED) is 0.848. The second-order valence-corrected chi connectivity index (χ2v) is 6.57. The Morgan fingerprint density at radius 2 is 1.90 bits per heavy atom. The average Bonchev–Trinajstić information content (AvgIpc) is 2.49. The van der Waals surface area contributed by atoms with E-state index in [9.17, 15) is 0 Å². The molecule has 0 amide bonds. The first kappa shape index (κ1) is 16.0. The lowest BCUT2D eigenvalue weighted by Gasteiger charge is -2.27. The normalized spacial score (nSPS) is 16.8.